The molecule has 2 aromatic heterocycles. The Balaban J connectivity index is 2.90. The zero-order chi connectivity index (χ0) is 7.84. The predicted octanol–water partition coefficient (Wildman–Crippen LogP) is 0.374. The summed E-state index contributed by atoms with van der Waals surface area (Å²) in [5.74, 6) is 0. The maximum Gasteiger partial charge on any atom is 0.256 e. The summed E-state index contributed by atoms with van der Waals surface area (Å²) in [4.78, 5) is 10.4. The van der Waals surface area contributed by atoms with Crippen molar-refractivity contribution in [2.45, 2.75) is 0 Å². The third kappa shape index (κ3) is 0.674. The van der Waals surface area contributed by atoms with Crippen LogP contribution in [-0.4, -0.2) is 21.2 Å². The molecule has 5 nitrogen and oxygen atoms in total. The average Bonchev–Trinajstić information content (AvgIpc) is 2.54. The number of carbonyl (C=O) groups is 1. The van der Waals surface area contributed by atoms with E-state index < -0.39 is 0 Å². The average molecular weight is 151 g/mol. The van der Waals surface area contributed by atoms with Crippen LogP contribution >= 0.6 is 0 Å². The molecule has 0 radical (unpaired) electrons. The van der Waals surface area contributed by atoms with E-state index in [2.05, 4.69) is 10.3 Å². The molecule has 0 unspecified atom stereocenters. The lowest BCUT2D eigenvalue weighted by Gasteiger charge is -1.82. The fourth-order valence-corrected chi connectivity index (χ4v) is 0.990. The summed E-state index contributed by atoms with van der Waals surface area (Å²) in [5, 5.41) is 8.07. The van der Waals surface area contributed by atoms with E-state index in [1.165, 1.54) is 10.9 Å². The molecule has 0 aromatic carbocycles. The van der Waals surface area contributed by atoms with Gasteiger partial charge in [-0.05, 0) is 0 Å². The second-order valence-electron chi connectivity index (χ2n) is 2.17. The van der Waals surface area contributed by atoms with E-state index in [9.17, 15) is 4.79 Å². The smallest absolute Gasteiger partial charge is 0.256 e. The predicted molar refractivity (Wildman–Crippen MR) is 36.2 cm³/mol. The molecule has 0 aliphatic heterocycles. The molecule has 11 heavy (non-hydrogen) atoms. The Hall–Kier alpha value is -1.65. The fourth-order valence-electron chi connectivity index (χ4n) is 0.990. The van der Waals surface area contributed by atoms with Crippen molar-refractivity contribution in [3.63, 3.8) is 0 Å². The topological polar surface area (TPSA) is 60.9 Å². The first-order valence-corrected chi connectivity index (χ1v) is 3.05. The SMILES string of the molecule is Cn1nc(C=O)c2cnoc21. The molecule has 5 heteroatoms. The number of fused-ring (bicyclic) bond motifs is 1. The summed E-state index contributed by atoms with van der Waals surface area (Å²) in [6.07, 6.45) is 2.16. The van der Waals surface area contributed by atoms with Crippen molar-refractivity contribution in [3.05, 3.63) is 11.9 Å². The second-order valence-corrected chi connectivity index (χ2v) is 2.17. The number of hydrogen-bond donors (Lipinski definition) is 0. The Bertz CT molecular complexity index is 401. The third-order valence-corrected chi connectivity index (χ3v) is 1.49. The minimum absolute atomic E-state index is 0.365. The highest BCUT2D eigenvalue weighted by Gasteiger charge is 2.10. The Kier molecular flexibility index (Phi) is 1.06. The van der Waals surface area contributed by atoms with Crippen molar-refractivity contribution in [2.75, 3.05) is 0 Å². The molecule has 2 rings (SSSR count). The Morgan fingerprint density at radius 3 is 3.27 bits per heavy atom. The molecule has 0 saturated carbocycles. The van der Waals surface area contributed by atoms with Gasteiger partial charge in [0, 0.05) is 7.05 Å². The molecule has 0 saturated heterocycles. The zero-order valence-corrected chi connectivity index (χ0v) is 5.81. The van der Waals surface area contributed by atoms with Gasteiger partial charge in [-0.25, -0.2) is 4.68 Å². The van der Waals surface area contributed by atoms with Crippen LogP contribution in [0.1, 0.15) is 10.5 Å². The van der Waals surface area contributed by atoms with Crippen LogP contribution in [-0.2, 0) is 7.05 Å². The summed E-state index contributed by atoms with van der Waals surface area (Å²) in [6, 6.07) is 0. The molecule has 0 atom stereocenters. The molecule has 0 bridgehead atoms. The van der Waals surface area contributed by atoms with Crippen LogP contribution in [0, 0.1) is 0 Å². The monoisotopic (exact) mass is 151 g/mol. The summed E-state index contributed by atoms with van der Waals surface area (Å²) >= 11 is 0. The van der Waals surface area contributed by atoms with Crippen LogP contribution < -0.4 is 0 Å². The maximum atomic E-state index is 10.4. The van der Waals surface area contributed by atoms with Gasteiger partial charge < -0.3 is 4.52 Å². The van der Waals surface area contributed by atoms with Crippen molar-refractivity contribution in [3.8, 4) is 0 Å². The first-order valence-electron chi connectivity index (χ1n) is 3.05. The molecule has 0 N–H and O–H groups in total. The van der Waals surface area contributed by atoms with Gasteiger partial charge in [0.2, 0.25) is 0 Å². The van der Waals surface area contributed by atoms with Crippen molar-refractivity contribution >= 4 is 17.4 Å². The number of aromatic nitrogens is 3. The van der Waals surface area contributed by atoms with Crippen LogP contribution in [0.25, 0.3) is 11.1 Å². The zero-order valence-electron chi connectivity index (χ0n) is 5.81. The standard InChI is InChI=1S/C6H5N3O2/c1-9-6-4(2-7-11-6)5(3-10)8-9/h2-3H,1H3. The highest BCUT2D eigenvalue weighted by Crippen LogP contribution is 2.14. The van der Waals surface area contributed by atoms with Crippen molar-refractivity contribution in [2.24, 2.45) is 7.05 Å². The van der Waals surface area contributed by atoms with Gasteiger partial charge >= 0.3 is 0 Å². The lowest BCUT2D eigenvalue weighted by atomic mass is 10.3. The normalized spacial score (nSPS) is 10.6. The molecular weight excluding hydrogens is 146 g/mol. The second kappa shape index (κ2) is 1.91. The lowest BCUT2D eigenvalue weighted by molar-refractivity contribution is 0.111. The minimum atomic E-state index is 0.365. The van der Waals surface area contributed by atoms with Gasteiger partial charge in [0.15, 0.2) is 6.29 Å². The minimum Gasteiger partial charge on any atom is -0.336 e. The van der Waals surface area contributed by atoms with Crippen LogP contribution in [0.4, 0.5) is 0 Å². The number of hydrogen-bond acceptors (Lipinski definition) is 4. The van der Waals surface area contributed by atoms with Crippen LogP contribution in [0.3, 0.4) is 0 Å². The van der Waals surface area contributed by atoms with Gasteiger partial charge in [-0.1, -0.05) is 5.16 Å². The molecule has 0 spiro atoms. The van der Waals surface area contributed by atoms with E-state index in [1.807, 2.05) is 0 Å². The van der Waals surface area contributed by atoms with Gasteiger partial charge in [0.25, 0.3) is 5.71 Å². The summed E-state index contributed by atoms with van der Waals surface area (Å²) in [6.45, 7) is 0. The number of aldehydes is 1. The van der Waals surface area contributed by atoms with Crippen molar-refractivity contribution in [1.29, 1.82) is 0 Å². The molecule has 56 valence electrons. The van der Waals surface area contributed by atoms with Gasteiger partial charge in [-0.2, -0.15) is 5.10 Å². The van der Waals surface area contributed by atoms with E-state index in [-0.39, 0.29) is 0 Å². The number of nitrogens with zero attached hydrogens (tertiary/aromatic N) is 3. The van der Waals surface area contributed by atoms with Crippen molar-refractivity contribution in [1.82, 2.24) is 14.9 Å². The van der Waals surface area contributed by atoms with Gasteiger partial charge in [-0.15, -0.1) is 0 Å². The fraction of sp³-hybridized carbons (Fsp3) is 0.167. The Labute approximate surface area is 61.6 Å². The molecule has 0 aliphatic carbocycles. The summed E-state index contributed by atoms with van der Waals surface area (Å²) in [7, 11) is 1.69. The van der Waals surface area contributed by atoms with Crippen LogP contribution in [0.5, 0.6) is 0 Å². The van der Waals surface area contributed by atoms with E-state index in [1.54, 1.807) is 7.05 Å². The summed E-state index contributed by atoms with van der Waals surface area (Å²) in [5.41, 5.74) is 0.885. The largest absolute Gasteiger partial charge is 0.336 e. The highest BCUT2D eigenvalue weighted by atomic mass is 16.5. The van der Waals surface area contributed by atoms with E-state index in [0.29, 0.717) is 23.1 Å². The molecule has 0 fully saturated rings. The number of aryl methyl sites for hydroxylation is 1. The first-order chi connectivity index (χ1) is 5.33. The quantitative estimate of drug-likeness (QED) is 0.552. The van der Waals surface area contributed by atoms with E-state index >= 15 is 0 Å². The van der Waals surface area contributed by atoms with Crippen LogP contribution in [0.15, 0.2) is 10.7 Å². The van der Waals surface area contributed by atoms with Gasteiger partial charge in [-0.3, -0.25) is 4.79 Å². The van der Waals surface area contributed by atoms with Gasteiger partial charge in [0.1, 0.15) is 5.69 Å². The molecule has 0 aliphatic rings. The third-order valence-electron chi connectivity index (χ3n) is 1.49. The lowest BCUT2D eigenvalue weighted by Crippen LogP contribution is -1.90. The Morgan fingerprint density at radius 2 is 2.55 bits per heavy atom. The molecule has 2 aromatic rings. The highest BCUT2D eigenvalue weighted by molar-refractivity contribution is 5.92. The number of rotatable bonds is 1. The van der Waals surface area contributed by atoms with Crippen molar-refractivity contribution < 1.29 is 9.32 Å². The van der Waals surface area contributed by atoms with Crippen LogP contribution in [0.2, 0.25) is 0 Å². The van der Waals surface area contributed by atoms with E-state index in [0.717, 1.165) is 0 Å². The number of carbonyl (C=O) groups excluding carboxylic acids is 1. The molecular formula is C6H5N3O2. The molecule has 2 heterocycles. The van der Waals surface area contributed by atoms with E-state index in [4.69, 9.17) is 4.52 Å². The summed E-state index contributed by atoms with van der Waals surface area (Å²) < 4.78 is 6.30. The molecule has 0 amide bonds. The van der Waals surface area contributed by atoms with Gasteiger partial charge in [0.05, 0.1) is 11.6 Å². The Morgan fingerprint density at radius 1 is 1.73 bits per heavy atom. The maximum absolute atomic E-state index is 10.4. The first kappa shape index (κ1) is 6.09.